The van der Waals surface area contributed by atoms with Crippen molar-refractivity contribution in [3.05, 3.63) is 71.8 Å². The van der Waals surface area contributed by atoms with E-state index in [4.69, 9.17) is 0 Å². The third kappa shape index (κ3) is 3.54. The van der Waals surface area contributed by atoms with E-state index in [0.29, 0.717) is 0 Å². The summed E-state index contributed by atoms with van der Waals surface area (Å²) in [5, 5.41) is 39.9. The molecular formula is C18H17AlO8. The predicted octanol–water partition coefficient (Wildman–Crippen LogP) is -0.800. The van der Waals surface area contributed by atoms with Gasteiger partial charge in [0.1, 0.15) is 0 Å². The van der Waals surface area contributed by atoms with Crippen molar-refractivity contribution < 1.29 is 39.6 Å². The molecule has 8 nitrogen and oxygen atoms in total. The second-order valence-electron chi connectivity index (χ2n) is 5.42. The van der Waals surface area contributed by atoms with Crippen LogP contribution in [0.3, 0.4) is 0 Å². The van der Waals surface area contributed by atoms with Crippen LogP contribution >= 0.6 is 0 Å². The molecule has 0 amide bonds. The van der Waals surface area contributed by atoms with Crippen LogP contribution in [0.15, 0.2) is 60.7 Å². The van der Waals surface area contributed by atoms with Crippen LogP contribution in [0.25, 0.3) is 0 Å². The minimum atomic E-state index is -3.95. The van der Waals surface area contributed by atoms with E-state index < -0.39 is 45.8 Å². The van der Waals surface area contributed by atoms with Crippen molar-refractivity contribution in [1.29, 1.82) is 0 Å². The van der Waals surface area contributed by atoms with Crippen molar-refractivity contribution in [2.24, 2.45) is 0 Å². The highest BCUT2D eigenvalue weighted by molar-refractivity contribution is 6.28. The number of hydrogen-bond acceptors (Lipinski definition) is 6. The summed E-state index contributed by atoms with van der Waals surface area (Å²) in [6.45, 7) is 0. The molecule has 0 aliphatic rings. The van der Waals surface area contributed by atoms with Crippen molar-refractivity contribution >= 4 is 40.9 Å². The topological polar surface area (TPSA) is 149 Å². The van der Waals surface area contributed by atoms with Gasteiger partial charge in [-0.25, -0.2) is 9.59 Å². The zero-order chi connectivity index (χ0) is 19.5. The molecule has 2 unspecified atom stereocenters. The molecule has 0 saturated heterocycles. The van der Waals surface area contributed by atoms with Crippen molar-refractivity contribution in [1.82, 2.24) is 0 Å². The maximum Gasteiger partial charge on any atom is 0.348 e. The number of hydrogen-bond donors (Lipinski definition) is 4. The second kappa shape index (κ2) is 8.24. The number of ketones is 2. The fourth-order valence-electron chi connectivity index (χ4n) is 2.43. The zero-order valence-corrected chi connectivity index (χ0v) is 13.2. The molecule has 2 aromatic carbocycles. The first kappa shape index (κ1) is 22.2. The normalized spacial score (nSPS) is 14.7. The van der Waals surface area contributed by atoms with Crippen molar-refractivity contribution in [3.8, 4) is 0 Å². The summed E-state index contributed by atoms with van der Waals surface area (Å²) in [5.41, 5.74) is -8.68. The Kier molecular flexibility index (Phi) is 6.78. The number of Topliss-reactive ketones (excluding diaryl/α,β-unsaturated/α-hetero) is 2. The molecular weight excluding hydrogens is 371 g/mol. The maximum atomic E-state index is 12.6. The lowest BCUT2D eigenvalue weighted by Crippen LogP contribution is -2.71. The average molecular weight is 388 g/mol. The maximum absolute atomic E-state index is 12.6. The van der Waals surface area contributed by atoms with Gasteiger partial charge in [-0.05, 0) is 0 Å². The summed E-state index contributed by atoms with van der Waals surface area (Å²) in [6, 6.07) is 12.8. The molecule has 0 aromatic heterocycles. The van der Waals surface area contributed by atoms with E-state index in [2.05, 4.69) is 0 Å². The van der Waals surface area contributed by atoms with E-state index in [0.717, 1.165) is 24.3 Å². The van der Waals surface area contributed by atoms with E-state index in [9.17, 15) is 39.6 Å². The quantitative estimate of drug-likeness (QED) is 0.274. The summed E-state index contributed by atoms with van der Waals surface area (Å²) >= 11 is 0. The van der Waals surface area contributed by atoms with Crippen LogP contribution in [0.4, 0.5) is 0 Å². The molecule has 0 spiro atoms. The Balaban J connectivity index is 0.00000364. The number of benzene rings is 2. The molecule has 2 atom stereocenters. The van der Waals surface area contributed by atoms with Crippen LogP contribution in [0.5, 0.6) is 0 Å². The molecule has 0 aliphatic heterocycles. The van der Waals surface area contributed by atoms with E-state index in [1.54, 1.807) is 0 Å². The summed E-state index contributed by atoms with van der Waals surface area (Å²) in [4.78, 5) is 48.5. The smallest absolute Gasteiger partial charge is 0.348 e. The number of carbonyl (C=O) groups excluding carboxylic acids is 2. The van der Waals surface area contributed by atoms with E-state index in [1.807, 2.05) is 0 Å². The number of rotatable bonds is 7. The van der Waals surface area contributed by atoms with E-state index in [-0.39, 0.29) is 17.4 Å². The lowest BCUT2D eigenvalue weighted by Gasteiger charge is -2.34. The average Bonchev–Trinajstić information content (AvgIpc) is 2.66. The van der Waals surface area contributed by atoms with Crippen LogP contribution in [-0.4, -0.2) is 72.5 Å². The zero-order valence-electron chi connectivity index (χ0n) is 13.2. The van der Waals surface area contributed by atoms with Crippen LogP contribution < -0.4 is 0 Å². The highest BCUT2D eigenvalue weighted by Gasteiger charge is 2.69. The molecule has 27 heavy (non-hydrogen) atoms. The third-order valence-electron chi connectivity index (χ3n) is 3.87. The Morgan fingerprint density at radius 3 is 1.07 bits per heavy atom. The Morgan fingerprint density at radius 2 is 0.852 bits per heavy atom. The van der Waals surface area contributed by atoms with Gasteiger partial charge in [-0.1, -0.05) is 60.7 Å². The first-order valence-electron chi connectivity index (χ1n) is 7.28. The fourth-order valence-corrected chi connectivity index (χ4v) is 2.43. The van der Waals surface area contributed by atoms with Gasteiger partial charge in [0.2, 0.25) is 11.6 Å². The lowest BCUT2D eigenvalue weighted by atomic mass is 9.73. The Labute approximate surface area is 163 Å². The van der Waals surface area contributed by atoms with E-state index in [1.165, 1.54) is 36.4 Å². The fraction of sp³-hybridized carbons (Fsp3) is 0.111. The van der Waals surface area contributed by atoms with Crippen LogP contribution in [-0.2, 0) is 9.59 Å². The Hall–Kier alpha value is -2.83. The lowest BCUT2D eigenvalue weighted by molar-refractivity contribution is -0.187. The minimum Gasteiger partial charge on any atom is -0.479 e. The number of carbonyl (C=O) groups is 4. The monoisotopic (exact) mass is 388 g/mol. The highest BCUT2D eigenvalue weighted by atomic mass is 27.0. The summed E-state index contributed by atoms with van der Waals surface area (Å²) < 4.78 is 0. The Morgan fingerprint density at radius 1 is 0.593 bits per heavy atom. The van der Waals surface area contributed by atoms with E-state index >= 15 is 0 Å². The van der Waals surface area contributed by atoms with Gasteiger partial charge in [0.25, 0.3) is 11.2 Å². The number of carboxylic acid groups (broad SMARTS) is 2. The first-order valence-corrected chi connectivity index (χ1v) is 7.28. The molecule has 0 saturated carbocycles. The van der Waals surface area contributed by atoms with Crippen molar-refractivity contribution in [3.63, 3.8) is 0 Å². The SMILES string of the molecule is O=C(O)C(O)(C(=O)c1ccccc1)C(O)(C(=O)O)C(=O)c1ccccc1.[AlH3]. The highest BCUT2D eigenvalue weighted by Crippen LogP contribution is 2.31. The van der Waals surface area contributed by atoms with Gasteiger partial charge in [-0.2, -0.15) is 0 Å². The van der Waals surface area contributed by atoms with Crippen LogP contribution in [0.2, 0.25) is 0 Å². The standard InChI is InChI=1S/C18H14O8.Al.3H/c19-13(11-7-3-1-4-8-11)17(25,15(21)22)18(26,16(23)24)14(20)12-9-5-2-6-10-12;;;;/h1-10,25-26H,(H,21,22)(H,23,24);;;;. The molecule has 2 aromatic rings. The number of aliphatic carboxylic acids is 2. The van der Waals surface area contributed by atoms with Gasteiger partial charge >= 0.3 is 11.9 Å². The van der Waals surface area contributed by atoms with Crippen LogP contribution in [0.1, 0.15) is 20.7 Å². The summed E-state index contributed by atoms with van der Waals surface area (Å²) in [5.74, 6) is -8.03. The molecule has 0 fully saturated rings. The second-order valence-corrected chi connectivity index (χ2v) is 5.42. The molecule has 0 heterocycles. The summed E-state index contributed by atoms with van der Waals surface area (Å²) in [7, 11) is 0. The molecule has 9 heteroatoms. The van der Waals surface area contributed by atoms with Gasteiger partial charge < -0.3 is 20.4 Å². The summed E-state index contributed by atoms with van der Waals surface area (Å²) in [6.07, 6.45) is 0. The molecule has 4 N–H and O–H groups in total. The number of aliphatic hydroxyl groups is 2. The largest absolute Gasteiger partial charge is 0.479 e. The van der Waals surface area contributed by atoms with Gasteiger partial charge in [-0.15, -0.1) is 0 Å². The molecule has 0 radical (unpaired) electrons. The minimum absolute atomic E-state index is 0. The molecule has 0 aliphatic carbocycles. The van der Waals surface area contributed by atoms with Gasteiger partial charge in [-0.3, -0.25) is 9.59 Å². The van der Waals surface area contributed by atoms with Crippen molar-refractivity contribution in [2.45, 2.75) is 11.2 Å². The molecule has 2 rings (SSSR count). The molecule has 140 valence electrons. The van der Waals surface area contributed by atoms with Crippen molar-refractivity contribution in [2.75, 3.05) is 0 Å². The number of carboxylic acids is 2. The predicted molar refractivity (Wildman–Crippen MR) is 96.7 cm³/mol. The molecule has 0 bridgehead atoms. The Bertz CT molecular complexity index is 794. The first-order chi connectivity index (χ1) is 12.2. The third-order valence-corrected chi connectivity index (χ3v) is 3.87. The van der Waals surface area contributed by atoms with Gasteiger partial charge in [0, 0.05) is 11.1 Å². The van der Waals surface area contributed by atoms with Gasteiger partial charge in [0.15, 0.2) is 17.4 Å². The van der Waals surface area contributed by atoms with Gasteiger partial charge in [0.05, 0.1) is 0 Å². The van der Waals surface area contributed by atoms with Crippen LogP contribution in [0, 0.1) is 0 Å².